The van der Waals surface area contributed by atoms with Gasteiger partial charge in [-0.2, -0.15) is 5.10 Å². The zero-order valence-corrected chi connectivity index (χ0v) is 17.7. The van der Waals surface area contributed by atoms with E-state index in [1.165, 1.54) is 0 Å². The Morgan fingerprint density at radius 1 is 1.23 bits per heavy atom. The van der Waals surface area contributed by atoms with Crippen molar-refractivity contribution in [3.8, 4) is 0 Å². The fourth-order valence-corrected chi connectivity index (χ4v) is 3.84. The molecule has 2 amide bonds. The number of hydrogen-bond acceptors (Lipinski definition) is 4. The number of carbonyl (C=O) groups is 2. The summed E-state index contributed by atoms with van der Waals surface area (Å²) >= 11 is 0. The molecule has 1 fully saturated rings. The number of hydrogen-bond donors (Lipinski definition) is 1. The van der Waals surface area contributed by atoms with E-state index in [1.54, 1.807) is 10.9 Å². The van der Waals surface area contributed by atoms with Crippen molar-refractivity contribution in [2.45, 2.75) is 40.2 Å². The van der Waals surface area contributed by atoms with Gasteiger partial charge in [-0.1, -0.05) is 26.8 Å². The van der Waals surface area contributed by atoms with Crippen LogP contribution in [0.5, 0.6) is 0 Å². The molecule has 0 aliphatic carbocycles. The molecule has 1 aliphatic rings. The van der Waals surface area contributed by atoms with Crippen LogP contribution in [0.3, 0.4) is 0 Å². The average molecular weight is 409 g/mol. The van der Waals surface area contributed by atoms with Crippen molar-refractivity contribution in [2.24, 2.45) is 11.3 Å². The molecule has 0 bridgehead atoms. The number of carbonyl (C=O) groups excluding carboxylic acids is 2. The maximum atomic E-state index is 12.8. The highest BCUT2D eigenvalue weighted by Gasteiger charge is 2.33. The third kappa shape index (κ3) is 4.37. The van der Waals surface area contributed by atoms with Gasteiger partial charge in [-0.3, -0.25) is 14.3 Å². The Morgan fingerprint density at radius 3 is 2.83 bits per heavy atom. The van der Waals surface area contributed by atoms with Crippen LogP contribution in [0.1, 0.15) is 39.3 Å². The number of likely N-dealkylation sites (tertiary alicyclic amines) is 1. The number of nitrogens with one attached hydrogen (secondary N) is 1. The normalized spacial score (nSPS) is 17.3. The second-order valence-electron chi connectivity index (χ2n) is 8.95. The molecule has 1 aliphatic heterocycles. The fraction of sp³-hybridized carbons (Fsp3) is 0.455. The van der Waals surface area contributed by atoms with Crippen molar-refractivity contribution < 1.29 is 9.59 Å². The zero-order valence-electron chi connectivity index (χ0n) is 17.7. The number of anilines is 1. The zero-order chi connectivity index (χ0) is 21.3. The van der Waals surface area contributed by atoms with Crippen LogP contribution < -0.4 is 5.32 Å². The van der Waals surface area contributed by atoms with Gasteiger partial charge >= 0.3 is 0 Å². The molecule has 8 nitrogen and oxygen atoms in total. The first kappa shape index (κ1) is 20.1. The molecule has 1 atom stereocenters. The Hall–Kier alpha value is -3.16. The molecule has 158 valence electrons. The molecule has 0 aromatic carbocycles. The van der Waals surface area contributed by atoms with Crippen LogP contribution >= 0.6 is 0 Å². The van der Waals surface area contributed by atoms with Gasteiger partial charge in [0, 0.05) is 37.1 Å². The summed E-state index contributed by atoms with van der Waals surface area (Å²) in [6.07, 6.45) is 9.01. The highest BCUT2D eigenvalue weighted by Crippen LogP contribution is 2.24. The van der Waals surface area contributed by atoms with E-state index >= 15 is 0 Å². The van der Waals surface area contributed by atoms with Gasteiger partial charge in [0.05, 0.1) is 30.0 Å². The van der Waals surface area contributed by atoms with Crippen molar-refractivity contribution in [3.63, 3.8) is 0 Å². The van der Waals surface area contributed by atoms with Gasteiger partial charge in [0.1, 0.15) is 5.65 Å². The standard InChI is InChI=1S/C22H28N6O2/c1-22(2,3)21(30)27-10-6-7-16(12-27)20(29)25-17-11-23-28(14-17)15-18-13-26-9-5-4-8-19(26)24-18/h4-5,8-9,11,13-14,16H,6-7,10,12,15H2,1-3H3,(H,25,29). The van der Waals surface area contributed by atoms with Gasteiger partial charge in [-0.15, -0.1) is 0 Å². The summed E-state index contributed by atoms with van der Waals surface area (Å²) in [5.74, 6) is -0.166. The van der Waals surface area contributed by atoms with Gasteiger partial charge in [0.15, 0.2) is 0 Å². The number of aromatic nitrogens is 4. The third-order valence-electron chi connectivity index (χ3n) is 5.36. The minimum absolute atomic E-state index is 0.0614. The van der Waals surface area contributed by atoms with Crippen molar-refractivity contribution in [1.29, 1.82) is 0 Å². The minimum atomic E-state index is -0.433. The van der Waals surface area contributed by atoms with Crippen LogP contribution in [0.25, 0.3) is 5.65 Å². The largest absolute Gasteiger partial charge is 0.341 e. The lowest BCUT2D eigenvalue weighted by molar-refractivity contribution is -0.142. The predicted molar refractivity (Wildman–Crippen MR) is 114 cm³/mol. The summed E-state index contributed by atoms with van der Waals surface area (Å²) < 4.78 is 3.73. The number of amides is 2. The number of imidazole rings is 1. The summed E-state index contributed by atoms with van der Waals surface area (Å²) in [5.41, 5.74) is 2.01. The van der Waals surface area contributed by atoms with E-state index in [-0.39, 0.29) is 17.7 Å². The first-order chi connectivity index (χ1) is 14.3. The van der Waals surface area contributed by atoms with E-state index in [2.05, 4.69) is 15.4 Å². The quantitative estimate of drug-likeness (QED) is 0.719. The lowest BCUT2D eigenvalue weighted by atomic mass is 9.91. The molecule has 3 aromatic heterocycles. The maximum Gasteiger partial charge on any atom is 0.229 e. The Labute approximate surface area is 175 Å². The Kier molecular flexibility index (Phi) is 5.32. The first-order valence-corrected chi connectivity index (χ1v) is 10.3. The summed E-state index contributed by atoms with van der Waals surface area (Å²) in [7, 11) is 0. The summed E-state index contributed by atoms with van der Waals surface area (Å²) in [6, 6.07) is 5.87. The van der Waals surface area contributed by atoms with E-state index in [1.807, 2.05) is 66.9 Å². The summed E-state index contributed by atoms with van der Waals surface area (Å²) in [4.78, 5) is 31.7. The molecule has 30 heavy (non-hydrogen) atoms. The molecule has 1 unspecified atom stereocenters. The van der Waals surface area contributed by atoms with Gasteiger partial charge < -0.3 is 14.6 Å². The molecule has 8 heteroatoms. The van der Waals surface area contributed by atoms with Crippen LogP contribution in [-0.4, -0.2) is 49.0 Å². The topological polar surface area (TPSA) is 84.5 Å². The van der Waals surface area contributed by atoms with Gasteiger partial charge in [0.25, 0.3) is 0 Å². The number of pyridine rings is 1. The Bertz CT molecular complexity index is 1030. The summed E-state index contributed by atoms with van der Waals surface area (Å²) in [5, 5.41) is 7.30. The third-order valence-corrected chi connectivity index (χ3v) is 5.36. The lowest BCUT2D eigenvalue weighted by Crippen LogP contribution is -2.47. The first-order valence-electron chi connectivity index (χ1n) is 10.3. The lowest BCUT2D eigenvalue weighted by Gasteiger charge is -2.35. The maximum absolute atomic E-state index is 12.8. The predicted octanol–water partition coefficient (Wildman–Crippen LogP) is 2.80. The van der Waals surface area contributed by atoms with Crippen molar-refractivity contribution in [1.82, 2.24) is 24.1 Å². The van der Waals surface area contributed by atoms with E-state index < -0.39 is 5.41 Å². The van der Waals surface area contributed by atoms with Crippen molar-refractivity contribution in [2.75, 3.05) is 18.4 Å². The molecule has 1 N–H and O–H groups in total. The van der Waals surface area contributed by atoms with Crippen LogP contribution in [0.2, 0.25) is 0 Å². The van der Waals surface area contributed by atoms with Gasteiger partial charge in [0.2, 0.25) is 11.8 Å². The second-order valence-corrected chi connectivity index (χ2v) is 8.95. The van der Waals surface area contributed by atoms with E-state index in [0.29, 0.717) is 18.8 Å². The molecule has 1 saturated heterocycles. The van der Waals surface area contributed by atoms with Crippen LogP contribution in [0.4, 0.5) is 5.69 Å². The molecular formula is C22H28N6O2. The van der Waals surface area contributed by atoms with E-state index in [0.717, 1.165) is 30.7 Å². The van der Waals surface area contributed by atoms with Crippen LogP contribution in [0, 0.1) is 11.3 Å². The molecular weight excluding hydrogens is 380 g/mol. The van der Waals surface area contributed by atoms with Crippen LogP contribution in [0.15, 0.2) is 43.0 Å². The van der Waals surface area contributed by atoms with Crippen molar-refractivity contribution >= 4 is 23.1 Å². The van der Waals surface area contributed by atoms with E-state index in [4.69, 9.17) is 0 Å². The summed E-state index contributed by atoms with van der Waals surface area (Å²) in [6.45, 7) is 7.45. The minimum Gasteiger partial charge on any atom is -0.341 e. The van der Waals surface area contributed by atoms with Gasteiger partial charge in [-0.05, 0) is 25.0 Å². The van der Waals surface area contributed by atoms with E-state index in [9.17, 15) is 9.59 Å². The highest BCUT2D eigenvalue weighted by molar-refractivity contribution is 5.93. The molecule has 0 radical (unpaired) electrons. The number of rotatable bonds is 4. The highest BCUT2D eigenvalue weighted by atomic mass is 16.2. The monoisotopic (exact) mass is 408 g/mol. The number of nitrogens with zero attached hydrogens (tertiary/aromatic N) is 5. The Morgan fingerprint density at radius 2 is 2.07 bits per heavy atom. The smallest absolute Gasteiger partial charge is 0.229 e. The second kappa shape index (κ2) is 7.93. The molecule has 0 spiro atoms. The molecule has 4 rings (SSSR count). The Balaban J connectivity index is 1.37. The molecule has 3 aromatic rings. The SMILES string of the molecule is CC(C)(C)C(=O)N1CCCC(C(=O)Nc2cnn(Cc3cn4ccccc4n3)c2)C1. The number of piperidine rings is 1. The fourth-order valence-electron chi connectivity index (χ4n) is 3.84. The van der Waals surface area contributed by atoms with Crippen LogP contribution in [-0.2, 0) is 16.1 Å². The average Bonchev–Trinajstić information content (AvgIpc) is 3.33. The molecule has 4 heterocycles. The molecule has 0 saturated carbocycles. The van der Waals surface area contributed by atoms with Crippen molar-refractivity contribution in [3.05, 3.63) is 48.7 Å². The number of fused-ring (bicyclic) bond motifs is 1. The van der Waals surface area contributed by atoms with Gasteiger partial charge in [-0.25, -0.2) is 4.98 Å².